The monoisotopic (exact) mass is 445 g/mol. The van der Waals surface area contributed by atoms with Crippen LogP contribution in [0.4, 0.5) is 4.79 Å². The number of carboxylic acid groups (broad SMARTS) is 1. The predicted octanol–water partition coefficient (Wildman–Crippen LogP) is -0.652. The lowest BCUT2D eigenvalue weighted by molar-refractivity contribution is -0.142. The molecule has 3 atom stereocenters. The van der Waals surface area contributed by atoms with E-state index in [1.165, 1.54) is 6.92 Å². The Labute approximate surface area is 181 Å². The van der Waals surface area contributed by atoms with Gasteiger partial charge in [-0.2, -0.15) is 0 Å². The van der Waals surface area contributed by atoms with E-state index in [4.69, 9.17) is 16.2 Å². The summed E-state index contributed by atoms with van der Waals surface area (Å²) in [5, 5.41) is 16.3. The number of alkyl carbamates (subject to hydrolysis) is 1. The van der Waals surface area contributed by atoms with Crippen LogP contribution in [-0.4, -0.2) is 65.2 Å². The summed E-state index contributed by atoms with van der Waals surface area (Å²) in [6.07, 6.45) is 0.215. The maximum absolute atomic E-state index is 12.2. The molecule has 0 bridgehead atoms. The van der Waals surface area contributed by atoms with Gasteiger partial charge in [-0.25, -0.2) is 9.59 Å². The van der Waals surface area contributed by atoms with Crippen molar-refractivity contribution in [3.8, 4) is 0 Å². The van der Waals surface area contributed by atoms with Crippen LogP contribution in [-0.2, 0) is 23.9 Å². The Kier molecular flexibility index (Phi) is 12.2. The molecule has 0 rings (SSSR count). The highest BCUT2D eigenvalue weighted by molar-refractivity contribution is 5.91. The van der Waals surface area contributed by atoms with Gasteiger partial charge in [0.15, 0.2) is 0 Å². The molecule has 0 saturated heterocycles. The molecule has 0 aromatic rings. The third kappa shape index (κ3) is 13.1. The summed E-state index contributed by atoms with van der Waals surface area (Å²) in [5.41, 5.74) is 9.91. The van der Waals surface area contributed by atoms with E-state index >= 15 is 0 Å². The highest BCUT2D eigenvalue weighted by atomic mass is 16.6. The van der Waals surface area contributed by atoms with Gasteiger partial charge >= 0.3 is 12.1 Å². The summed E-state index contributed by atoms with van der Waals surface area (Å²) in [4.78, 5) is 59.0. The average Bonchev–Trinajstić information content (AvgIpc) is 2.61. The molecule has 0 saturated carbocycles. The van der Waals surface area contributed by atoms with Gasteiger partial charge in [0, 0.05) is 6.42 Å². The van der Waals surface area contributed by atoms with Crippen molar-refractivity contribution in [1.29, 1.82) is 0 Å². The van der Waals surface area contributed by atoms with Crippen molar-refractivity contribution >= 4 is 29.8 Å². The van der Waals surface area contributed by atoms with Crippen molar-refractivity contribution in [2.45, 2.75) is 83.5 Å². The van der Waals surface area contributed by atoms with Crippen LogP contribution in [0.3, 0.4) is 0 Å². The fourth-order valence-corrected chi connectivity index (χ4v) is 2.42. The Hall–Kier alpha value is -2.89. The van der Waals surface area contributed by atoms with Crippen LogP contribution in [0.15, 0.2) is 0 Å². The van der Waals surface area contributed by atoms with Gasteiger partial charge in [-0.15, -0.1) is 0 Å². The zero-order valence-corrected chi connectivity index (χ0v) is 18.5. The maximum Gasteiger partial charge on any atom is 0.408 e. The van der Waals surface area contributed by atoms with Crippen molar-refractivity contribution in [1.82, 2.24) is 16.0 Å². The fourth-order valence-electron chi connectivity index (χ4n) is 2.42. The summed E-state index contributed by atoms with van der Waals surface area (Å²) in [7, 11) is 0. The summed E-state index contributed by atoms with van der Waals surface area (Å²) in [6, 6.07) is -3.27. The molecule has 0 heterocycles. The highest BCUT2D eigenvalue weighted by Crippen LogP contribution is 2.07. The number of unbranched alkanes of at least 4 members (excludes halogenated alkanes) is 1. The van der Waals surface area contributed by atoms with Crippen LogP contribution in [0.25, 0.3) is 0 Å². The molecule has 8 N–H and O–H groups in total. The van der Waals surface area contributed by atoms with Crippen molar-refractivity contribution in [2.24, 2.45) is 11.5 Å². The normalized spacial score (nSPS) is 14.0. The number of carbonyl (C=O) groups is 5. The number of primary amides is 1. The van der Waals surface area contributed by atoms with Crippen LogP contribution >= 0.6 is 0 Å². The third-order valence-corrected chi connectivity index (χ3v) is 4.03. The summed E-state index contributed by atoms with van der Waals surface area (Å²) >= 11 is 0. The molecule has 31 heavy (non-hydrogen) atoms. The second-order valence-corrected chi connectivity index (χ2v) is 8.11. The number of ether oxygens (including phenoxy) is 1. The fraction of sp³-hybridized carbons (Fsp3) is 0.737. The summed E-state index contributed by atoms with van der Waals surface area (Å²) in [5.74, 6) is -3.34. The molecular formula is C19H35N5O7. The van der Waals surface area contributed by atoms with Gasteiger partial charge in [0.25, 0.3) is 0 Å². The van der Waals surface area contributed by atoms with Crippen LogP contribution in [0.1, 0.15) is 59.8 Å². The highest BCUT2D eigenvalue weighted by Gasteiger charge is 2.26. The van der Waals surface area contributed by atoms with Gasteiger partial charge in [0.05, 0.1) is 0 Å². The number of carboxylic acids is 1. The van der Waals surface area contributed by atoms with E-state index < -0.39 is 53.5 Å². The Balaban J connectivity index is 4.69. The molecule has 0 aliphatic heterocycles. The maximum atomic E-state index is 12.2. The van der Waals surface area contributed by atoms with E-state index in [0.717, 1.165) is 0 Å². The molecule has 12 heteroatoms. The van der Waals surface area contributed by atoms with Crippen LogP contribution < -0.4 is 27.4 Å². The molecule has 0 aliphatic rings. The first-order chi connectivity index (χ1) is 14.3. The molecule has 0 aliphatic carbocycles. The summed E-state index contributed by atoms with van der Waals surface area (Å²) < 4.78 is 5.05. The first kappa shape index (κ1) is 28.1. The first-order valence-electron chi connectivity index (χ1n) is 10.1. The van der Waals surface area contributed by atoms with Crippen molar-refractivity contribution in [2.75, 3.05) is 6.54 Å². The second kappa shape index (κ2) is 13.4. The second-order valence-electron chi connectivity index (χ2n) is 8.11. The van der Waals surface area contributed by atoms with Crippen molar-refractivity contribution in [3.63, 3.8) is 0 Å². The molecule has 0 fully saturated rings. The van der Waals surface area contributed by atoms with E-state index in [1.54, 1.807) is 20.8 Å². The van der Waals surface area contributed by atoms with E-state index in [9.17, 15) is 29.1 Å². The largest absolute Gasteiger partial charge is 0.480 e. The minimum atomic E-state index is -1.18. The van der Waals surface area contributed by atoms with Gasteiger partial charge in [-0.05, 0) is 59.9 Å². The Morgan fingerprint density at radius 3 is 2.06 bits per heavy atom. The quantitative estimate of drug-likeness (QED) is 0.200. The Morgan fingerprint density at radius 1 is 0.968 bits per heavy atom. The molecule has 4 amide bonds. The standard InChI is InChI=1S/C19H35N5O7/c1-11(22-18(30)31-19(2,3)4)16(27)24-12(15(21)26)8-9-14(25)23-13(17(28)29)7-5-6-10-20/h11-13H,5-10,20H2,1-4H3,(H2,21,26)(H,22,30)(H,23,25)(H,24,27)(H,28,29)/t11-,12+,13-/m0/s1. The van der Waals surface area contributed by atoms with Crippen molar-refractivity contribution in [3.05, 3.63) is 0 Å². The predicted molar refractivity (Wildman–Crippen MR) is 112 cm³/mol. The number of amides is 4. The number of nitrogens with two attached hydrogens (primary N) is 2. The topological polar surface area (TPSA) is 203 Å². The third-order valence-electron chi connectivity index (χ3n) is 4.03. The first-order valence-corrected chi connectivity index (χ1v) is 10.1. The Morgan fingerprint density at radius 2 is 1.58 bits per heavy atom. The van der Waals surface area contributed by atoms with E-state index in [2.05, 4.69) is 16.0 Å². The molecule has 12 nitrogen and oxygen atoms in total. The number of aliphatic carboxylic acids is 1. The van der Waals surface area contributed by atoms with Crippen LogP contribution in [0.2, 0.25) is 0 Å². The van der Waals surface area contributed by atoms with Gasteiger partial charge in [0.2, 0.25) is 17.7 Å². The molecule has 0 aromatic heterocycles. The SMILES string of the molecule is C[C@H](NC(=O)OC(C)(C)C)C(=O)N[C@H](CCC(=O)N[C@@H](CCCCN)C(=O)O)C(N)=O. The molecule has 0 spiro atoms. The average molecular weight is 446 g/mol. The number of rotatable bonds is 13. The molecule has 0 radical (unpaired) electrons. The van der Waals surface area contributed by atoms with E-state index in [-0.39, 0.29) is 19.3 Å². The van der Waals surface area contributed by atoms with Gasteiger partial charge < -0.3 is 37.3 Å². The minimum Gasteiger partial charge on any atom is -0.480 e. The number of carbonyl (C=O) groups excluding carboxylic acids is 4. The van der Waals surface area contributed by atoms with Crippen molar-refractivity contribution < 1.29 is 33.8 Å². The van der Waals surface area contributed by atoms with E-state index in [0.29, 0.717) is 19.4 Å². The lowest BCUT2D eigenvalue weighted by Gasteiger charge is -2.23. The van der Waals surface area contributed by atoms with Crippen LogP contribution in [0, 0.1) is 0 Å². The number of nitrogens with one attached hydrogen (secondary N) is 3. The molecule has 0 unspecified atom stereocenters. The zero-order valence-electron chi connectivity index (χ0n) is 18.5. The lowest BCUT2D eigenvalue weighted by Crippen LogP contribution is -2.52. The lowest BCUT2D eigenvalue weighted by atomic mass is 10.1. The van der Waals surface area contributed by atoms with E-state index in [1.807, 2.05) is 0 Å². The van der Waals surface area contributed by atoms with Gasteiger partial charge in [-0.3, -0.25) is 14.4 Å². The zero-order chi connectivity index (χ0) is 24.2. The van der Waals surface area contributed by atoms with Crippen LogP contribution in [0.5, 0.6) is 0 Å². The summed E-state index contributed by atoms with van der Waals surface area (Å²) in [6.45, 7) is 6.81. The number of hydrogen-bond donors (Lipinski definition) is 6. The van der Waals surface area contributed by atoms with Gasteiger partial charge in [0.1, 0.15) is 23.7 Å². The molecular weight excluding hydrogens is 410 g/mol. The Bertz CT molecular complexity index is 648. The smallest absolute Gasteiger partial charge is 0.408 e. The minimum absolute atomic E-state index is 0.138. The molecule has 178 valence electrons. The molecule has 0 aromatic carbocycles. The number of hydrogen-bond acceptors (Lipinski definition) is 7. The van der Waals surface area contributed by atoms with Gasteiger partial charge in [-0.1, -0.05) is 0 Å².